The normalized spacial score (nSPS) is 14.6. The Hall–Kier alpha value is -3.58. The average Bonchev–Trinajstić information content (AvgIpc) is 3.36. The number of nitrogens with zero attached hydrogens (tertiary/aromatic N) is 1. The van der Waals surface area contributed by atoms with Crippen LogP contribution in [0.2, 0.25) is 0 Å². The summed E-state index contributed by atoms with van der Waals surface area (Å²) in [4.78, 5) is 28.0. The lowest BCUT2D eigenvalue weighted by atomic mass is 10.1. The summed E-state index contributed by atoms with van der Waals surface area (Å²) >= 11 is 0. The van der Waals surface area contributed by atoms with Gasteiger partial charge in [0, 0.05) is 24.3 Å². The summed E-state index contributed by atoms with van der Waals surface area (Å²) in [6, 6.07) is 19.8. The highest BCUT2D eigenvalue weighted by molar-refractivity contribution is 5.97. The van der Waals surface area contributed by atoms with Gasteiger partial charge in [-0.2, -0.15) is 0 Å². The molecule has 7 nitrogen and oxygen atoms in total. The average molecular weight is 420 g/mol. The second kappa shape index (κ2) is 9.95. The van der Waals surface area contributed by atoms with Gasteiger partial charge in [-0.15, -0.1) is 0 Å². The molecule has 1 aromatic heterocycles. The van der Waals surface area contributed by atoms with Gasteiger partial charge in [-0.05, 0) is 24.3 Å². The van der Waals surface area contributed by atoms with Gasteiger partial charge in [0.2, 0.25) is 6.10 Å². The first kappa shape index (κ1) is 20.7. The van der Waals surface area contributed by atoms with E-state index in [0.29, 0.717) is 49.7 Å². The summed E-state index contributed by atoms with van der Waals surface area (Å²) < 4.78 is 16.5. The first-order chi connectivity index (χ1) is 15.2. The zero-order valence-electron chi connectivity index (χ0n) is 17.0. The van der Waals surface area contributed by atoms with Gasteiger partial charge in [0.1, 0.15) is 5.76 Å². The molecule has 1 atom stereocenters. The van der Waals surface area contributed by atoms with E-state index >= 15 is 0 Å². The molecule has 1 fully saturated rings. The zero-order valence-corrected chi connectivity index (χ0v) is 17.0. The van der Waals surface area contributed by atoms with Crippen molar-refractivity contribution in [1.82, 2.24) is 4.90 Å². The highest BCUT2D eigenvalue weighted by Gasteiger charge is 2.31. The lowest BCUT2D eigenvalue weighted by Crippen LogP contribution is -2.44. The SMILES string of the molecule is O=C(O[C@H](C(=O)N1CCOCC1)c1ccccc1)c1ccccc1NCc1ccco1. The van der Waals surface area contributed by atoms with Gasteiger partial charge in [0.15, 0.2) is 0 Å². The van der Waals surface area contributed by atoms with Crippen LogP contribution in [0.4, 0.5) is 5.69 Å². The van der Waals surface area contributed by atoms with Gasteiger partial charge in [-0.3, -0.25) is 4.79 Å². The zero-order chi connectivity index (χ0) is 21.5. The number of anilines is 1. The maximum Gasteiger partial charge on any atom is 0.341 e. The Morgan fingerprint density at radius 1 is 0.968 bits per heavy atom. The van der Waals surface area contributed by atoms with Crippen molar-refractivity contribution in [1.29, 1.82) is 0 Å². The molecule has 1 aliphatic rings. The maximum absolute atomic E-state index is 13.2. The first-order valence-corrected chi connectivity index (χ1v) is 10.2. The first-order valence-electron chi connectivity index (χ1n) is 10.2. The number of carbonyl (C=O) groups is 2. The molecule has 0 saturated carbocycles. The molecule has 3 aromatic rings. The van der Waals surface area contributed by atoms with Crippen molar-refractivity contribution in [3.8, 4) is 0 Å². The minimum atomic E-state index is -1.02. The van der Waals surface area contributed by atoms with Crippen LogP contribution in [0.3, 0.4) is 0 Å². The Balaban J connectivity index is 1.54. The van der Waals surface area contributed by atoms with E-state index in [2.05, 4.69) is 5.32 Å². The van der Waals surface area contributed by atoms with Crippen molar-refractivity contribution in [2.75, 3.05) is 31.6 Å². The summed E-state index contributed by atoms with van der Waals surface area (Å²) in [6.07, 6.45) is 0.573. The number of amides is 1. The van der Waals surface area contributed by atoms with Gasteiger partial charge < -0.3 is 24.1 Å². The van der Waals surface area contributed by atoms with E-state index in [9.17, 15) is 9.59 Å². The molecular weight excluding hydrogens is 396 g/mol. The Morgan fingerprint density at radius 3 is 2.45 bits per heavy atom. The molecule has 1 amide bonds. The minimum absolute atomic E-state index is 0.246. The summed E-state index contributed by atoms with van der Waals surface area (Å²) in [7, 11) is 0. The molecule has 0 unspecified atom stereocenters. The van der Waals surface area contributed by atoms with Crippen LogP contribution in [0, 0.1) is 0 Å². The molecule has 0 bridgehead atoms. The predicted octanol–water partition coefficient (Wildman–Crippen LogP) is 3.65. The third-order valence-electron chi connectivity index (χ3n) is 5.05. The number of morpholine rings is 1. The van der Waals surface area contributed by atoms with E-state index < -0.39 is 12.1 Å². The molecule has 1 saturated heterocycles. The van der Waals surface area contributed by atoms with Crippen molar-refractivity contribution < 1.29 is 23.5 Å². The Labute approximate surface area is 180 Å². The van der Waals surface area contributed by atoms with Gasteiger partial charge >= 0.3 is 5.97 Å². The lowest BCUT2D eigenvalue weighted by Gasteiger charge is -2.30. The number of para-hydroxylation sites is 1. The monoisotopic (exact) mass is 420 g/mol. The predicted molar refractivity (Wildman–Crippen MR) is 114 cm³/mol. The quantitative estimate of drug-likeness (QED) is 0.588. The van der Waals surface area contributed by atoms with Crippen LogP contribution in [0.5, 0.6) is 0 Å². The second-order valence-electron chi connectivity index (χ2n) is 7.11. The van der Waals surface area contributed by atoms with Crippen molar-refractivity contribution in [2.45, 2.75) is 12.6 Å². The number of carbonyl (C=O) groups excluding carboxylic acids is 2. The van der Waals surface area contributed by atoms with Crippen molar-refractivity contribution in [3.05, 3.63) is 89.9 Å². The van der Waals surface area contributed by atoms with Gasteiger partial charge in [-0.25, -0.2) is 4.79 Å². The molecule has 7 heteroatoms. The molecule has 31 heavy (non-hydrogen) atoms. The van der Waals surface area contributed by atoms with Crippen LogP contribution in [-0.2, 0) is 20.8 Å². The number of hydrogen-bond donors (Lipinski definition) is 1. The Morgan fingerprint density at radius 2 is 1.71 bits per heavy atom. The van der Waals surface area contributed by atoms with Gasteiger partial charge in [0.05, 0.1) is 31.6 Å². The van der Waals surface area contributed by atoms with Crippen LogP contribution in [0.1, 0.15) is 27.8 Å². The molecule has 1 aliphatic heterocycles. The van der Waals surface area contributed by atoms with Gasteiger partial charge in [0.25, 0.3) is 5.91 Å². The minimum Gasteiger partial charge on any atom is -0.467 e. The van der Waals surface area contributed by atoms with Crippen LogP contribution in [-0.4, -0.2) is 43.1 Å². The summed E-state index contributed by atoms with van der Waals surface area (Å²) in [5.41, 5.74) is 1.59. The summed E-state index contributed by atoms with van der Waals surface area (Å²) in [5.74, 6) is -0.0743. The Bertz CT molecular complexity index is 998. The van der Waals surface area contributed by atoms with E-state index in [1.54, 1.807) is 47.6 Å². The van der Waals surface area contributed by atoms with Crippen LogP contribution in [0.25, 0.3) is 0 Å². The van der Waals surface area contributed by atoms with E-state index in [4.69, 9.17) is 13.9 Å². The smallest absolute Gasteiger partial charge is 0.341 e. The molecule has 4 rings (SSSR count). The number of esters is 1. The van der Waals surface area contributed by atoms with E-state index in [1.807, 2.05) is 30.3 Å². The Kier molecular flexibility index (Phi) is 6.64. The van der Waals surface area contributed by atoms with E-state index in [1.165, 1.54) is 0 Å². The third kappa shape index (κ3) is 5.13. The van der Waals surface area contributed by atoms with Crippen molar-refractivity contribution >= 4 is 17.6 Å². The summed E-state index contributed by atoms with van der Waals surface area (Å²) in [5, 5.41) is 3.20. The fourth-order valence-electron chi connectivity index (χ4n) is 3.42. The molecule has 2 heterocycles. The molecule has 160 valence electrons. The number of nitrogens with one attached hydrogen (secondary N) is 1. The topological polar surface area (TPSA) is 81.0 Å². The van der Waals surface area contributed by atoms with E-state index in [-0.39, 0.29) is 5.91 Å². The number of furan rings is 1. The van der Waals surface area contributed by atoms with Crippen LogP contribution in [0.15, 0.2) is 77.4 Å². The number of rotatable bonds is 7. The van der Waals surface area contributed by atoms with Crippen molar-refractivity contribution in [2.24, 2.45) is 0 Å². The largest absolute Gasteiger partial charge is 0.467 e. The fourth-order valence-corrected chi connectivity index (χ4v) is 3.42. The van der Waals surface area contributed by atoms with Crippen LogP contribution < -0.4 is 5.32 Å². The number of hydrogen-bond acceptors (Lipinski definition) is 6. The highest BCUT2D eigenvalue weighted by Crippen LogP contribution is 2.25. The van der Waals surface area contributed by atoms with E-state index in [0.717, 1.165) is 5.76 Å². The maximum atomic E-state index is 13.2. The molecule has 2 aromatic carbocycles. The van der Waals surface area contributed by atoms with Crippen LogP contribution >= 0.6 is 0 Å². The molecule has 0 radical (unpaired) electrons. The fraction of sp³-hybridized carbons (Fsp3) is 0.250. The standard InChI is InChI=1S/C24H24N2O5/c27-23(26-12-15-29-16-13-26)22(18-7-2-1-3-8-18)31-24(28)20-10-4-5-11-21(20)25-17-19-9-6-14-30-19/h1-11,14,22,25H,12-13,15-17H2/t22-/m0/s1. The second-order valence-corrected chi connectivity index (χ2v) is 7.11. The number of benzene rings is 2. The highest BCUT2D eigenvalue weighted by atomic mass is 16.5. The third-order valence-corrected chi connectivity index (χ3v) is 5.05. The molecule has 0 spiro atoms. The van der Waals surface area contributed by atoms with Gasteiger partial charge in [-0.1, -0.05) is 42.5 Å². The molecule has 0 aliphatic carbocycles. The molecular formula is C24H24N2O5. The lowest BCUT2D eigenvalue weighted by molar-refractivity contribution is -0.145. The molecule has 1 N–H and O–H groups in total. The summed E-state index contributed by atoms with van der Waals surface area (Å²) in [6.45, 7) is 2.32. The van der Waals surface area contributed by atoms with Crippen molar-refractivity contribution in [3.63, 3.8) is 0 Å². The number of ether oxygens (including phenoxy) is 2.